The van der Waals surface area contributed by atoms with Crippen molar-refractivity contribution in [2.75, 3.05) is 5.73 Å². The lowest BCUT2D eigenvalue weighted by atomic mass is 9.78. The third-order valence-corrected chi connectivity index (χ3v) is 4.03. The molecule has 22 heavy (non-hydrogen) atoms. The molecule has 0 spiro atoms. The first kappa shape index (κ1) is 15.1. The van der Waals surface area contributed by atoms with Crippen molar-refractivity contribution < 1.29 is 0 Å². The van der Waals surface area contributed by atoms with Crippen LogP contribution in [0.3, 0.4) is 0 Å². The van der Waals surface area contributed by atoms with E-state index in [4.69, 9.17) is 16.3 Å². The highest BCUT2D eigenvalue weighted by Crippen LogP contribution is 2.41. The van der Waals surface area contributed by atoms with Crippen LogP contribution in [0.15, 0.2) is 41.5 Å². The average Bonchev–Trinajstić information content (AvgIpc) is 2.53. The molecule has 4 nitrogen and oxygen atoms in total. The SMILES string of the molecule is C=C1C(c2ccc(C#N)c(C)c2N)=C(C#N)C=C(C#N)C1C. The number of hydrogen-bond acceptors (Lipinski definition) is 4. The predicted octanol–water partition coefficient (Wildman–Crippen LogP) is 3.38. The molecular formula is C18H14N4. The molecular weight excluding hydrogens is 272 g/mol. The summed E-state index contributed by atoms with van der Waals surface area (Å²) in [7, 11) is 0. The zero-order valence-electron chi connectivity index (χ0n) is 12.4. The van der Waals surface area contributed by atoms with Gasteiger partial charge in [0, 0.05) is 28.3 Å². The van der Waals surface area contributed by atoms with Crippen molar-refractivity contribution in [3.05, 3.63) is 58.2 Å². The molecule has 1 atom stereocenters. The Hall–Kier alpha value is -3.29. The largest absolute Gasteiger partial charge is 0.398 e. The number of anilines is 1. The molecule has 0 saturated heterocycles. The fourth-order valence-electron chi connectivity index (χ4n) is 2.53. The predicted molar refractivity (Wildman–Crippen MR) is 84.8 cm³/mol. The van der Waals surface area contributed by atoms with Crippen LogP contribution < -0.4 is 5.73 Å². The fraction of sp³-hybridized carbons (Fsp3) is 0.167. The van der Waals surface area contributed by atoms with E-state index in [2.05, 4.69) is 24.8 Å². The first-order valence-electron chi connectivity index (χ1n) is 6.71. The van der Waals surface area contributed by atoms with Crippen LogP contribution in [0.1, 0.15) is 23.6 Å². The quantitative estimate of drug-likeness (QED) is 0.800. The molecule has 106 valence electrons. The first-order valence-corrected chi connectivity index (χ1v) is 6.71. The fourth-order valence-corrected chi connectivity index (χ4v) is 2.53. The summed E-state index contributed by atoms with van der Waals surface area (Å²) >= 11 is 0. The van der Waals surface area contributed by atoms with Crippen LogP contribution in [0.2, 0.25) is 0 Å². The Bertz CT molecular complexity index is 864. The first-order chi connectivity index (χ1) is 10.5. The maximum atomic E-state index is 9.40. The summed E-state index contributed by atoms with van der Waals surface area (Å²) in [6.07, 6.45) is 1.58. The summed E-state index contributed by atoms with van der Waals surface area (Å²) in [6, 6.07) is 9.73. The highest BCUT2D eigenvalue weighted by Gasteiger charge is 2.26. The van der Waals surface area contributed by atoms with Crippen molar-refractivity contribution in [1.82, 2.24) is 0 Å². The van der Waals surface area contributed by atoms with Gasteiger partial charge in [0.2, 0.25) is 0 Å². The van der Waals surface area contributed by atoms with Gasteiger partial charge in [-0.1, -0.05) is 19.6 Å². The molecule has 0 amide bonds. The van der Waals surface area contributed by atoms with E-state index in [-0.39, 0.29) is 5.92 Å². The lowest BCUT2D eigenvalue weighted by Gasteiger charge is -2.24. The van der Waals surface area contributed by atoms with Gasteiger partial charge in [-0.15, -0.1) is 0 Å². The van der Waals surface area contributed by atoms with Gasteiger partial charge in [0.05, 0.1) is 29.3 Å². The number of benzene rings is 1. The molecule has 0 bridgehead atoms. The van der Waals surface area contributed by atoms with Crippen molar-refractivity contribution in [3.63, 3.8) is 0 Å². The lowest BCUT2D eigenvalue weighted by Crippen LogP contribution is -2.12. The molecule has 0 aromatic heterocycles. The summed E-state index contributed by atoms with van der Waals surface area (Å²) in [5, 5.41) is 27.6. The molecule has 4 heteroatoms. The Morgan fingerprint density at radius 3 is 2.36 bits per heavy atom. The second-order valence-corrected chi connectivity index (χ2v) is 5.17. The number of nitrogens with zero attached hydrogens (tertiary/aromatic N) is 3. The second-order valence-electron chi connectivity index (χ2n) is 5.17. The molecule has 0 fully saturated rings. The van der Waals surface area contributed by atoms with Crippen LogP contribution >= 0.6 is 0 Å². The van der Waals surface area contributed by atoms with E-state index in [0.29, 0.717) is 44.7 Å². The minimum atomic E-state index is -0.174. The number of hydrogen-bond donors (Lipinski definition) is 1. The van der Waals surface area contributed by atoms with E-state index in [1.54, 1.807) is 25.1 Å². The highest BCUT2D eigenvalue weighted by atomic mass is 14.6. The molecule has 1 aromatic rings. The molecule has 1 aliphatic rings. The van der Waals surface area contributed by atoms with Gasteiger partial charge in [-0.05, 0) is 30.2 Å². The molecule has 0 aliphatic heterocycles. The molecule has 0 saturated carbocycles. The van der Waals surface area contributed by atoms with Crippen molar-refractivity contribution in [2.45, 2.75) is 13.8 Å². The van der Waals surface area contributed by atoms with Crippen LogP contribution in [-0.4, -0.2) is 0 Å². The molecule has 0 radical (unpaired) electrons. The van der Waals surface area contributed by atoms with Gasteiger partial charge in [-0.2, -0.15) is 15.8 Å². The highest BCUT2D eigenvalue weighted by molar-refractivity contribution is 5.93. The smallest absolute Gasteiger partial charge is 0.0998 e. The summed E-state index contributed by atoms with van der Waals surface area (Å²) < 4.78 is 0. The topological polar surface area (TPSA) is 97.4 Å². The maximum Gasteiger partial charge on any atom is 0.0998 e. The third-order valence-electron chi connectivity index (χ3n) is 4.03. The van der Waals surface area contributed by atoms with E-state index < -0.39 is 0 Å². The summed E-state index contributed by atoms with van der Waals surface area (Å²) in [5.74, 6) is -0.174. The van der Waals surface area contributed by atoms with Crippen molar-refractivity contribution in [3.8, 4) is 18.2 Å². The van der Waals surface area contributed by atoms with Gasteiger partial charge in [-0.25, -0.2) is 0 Å². The monoisotopic (exact) mass is 286 g/mol. The van der Waals surface area contributed by atoms with Gasteiger partial charge in [0.15, 0.2) is 0 Å². The summed E-state index contributed by atoms with van der Waals surface area (Å²) in [6.45, 7) is 7.69. The Balaban J connectivity index is 2.79. The minimum absolute atomic E-state index is 0.174. The van der Waals surface area contributed by atoms with Gasteiger partial charge in [0.1, 0.15) is 0 Å². The lowest BCUT2D eigenvalue weighted by molar-refractivity contribution is 0.851. The van der Waals surface area contributed by atoms with Crippen molar-refractivity contribution >= 4 is 11.3 Å². The second kappa shape index (κ2) is 5.60. The Labute approximate surface area is 129 Å². The maximum absolute atomic E-state index is 9.40. The number of allylic oxidation sites excluding steroid dienone is 5. The molecule has 2 N–H and O–H groups in total. The zero-order valence-corrected chi connectivity index (χ0v) is 12.4. The zero-order chi connectivity index (χ0) is 16.4. The molecule has 0 heterocycles. The van der Waals surface area contributed by atoms with Crippen LogP contribution in [0.5, 0.6) is 0 Å². The molecule has 2 rings (SSSR count). The molecule has 1 unspecified atom stereocenters. The van der Waals surface area contributed by atoms with Crippen molar-refractivity contribution in [2.24, 2.45) is 5.92 Å². The van der Waals surface area contributed by atoms with E-state index in [1.807, 2.05) is 6.92 Å². The Kier molecular flexibility index (Phi) is 3.85. The standard InChI is InChI=1S/C18H14N4/c1-10-11(2)17(15(9-21)6-14(10)8-20)16-5-4-13(7-19)12(3)18(16)22/h4-6,10H,2,22H2,1,3H3. The average molecular weight is 286 g/mol. The normalized spacial score (nSPS) is 17.3. The summed E-state index contributed by atoms with van der Waals surface area (Å²) in [5.41, 5.74) is 10.7. The van der Waals surface area contributed by atoms with E-state index in [9.17, 15) is 5.26 Å². The molecule has 1 aromatic carbocycles. The number of nitriles is 3. The van der Waals surface area contributed by atoms with Gasteiger partial charge in [0.25, 0.3) is 0 Å². The van der Waals surface area contributed by atoms with E-state index in [0.717, 1.165) is 0 Å². The van der Waals surface area contributed by atoms with E-state index >= 15 is 0 Å². The molecule has 1 aliphatic carbocycles. The number of nitrogen functional groups attached to an aromatic ring is 1. The number of nitrogens with two attached hydrogens (primary N) is 1. The minimum Gasteiger partial charge on any atom is -0.398 e. The van der Waals surface area contributed by atoms with Crippen LogP contribution in [-0.2, 0) is 0 Å². The Morgan fingerprint density at radius 2 is 1.82 bits per heavy atom. The van der Waals surface area contributed by atoms with Gasteiger partial charge in [-0.3, -0.25) is 0 Å². The van der Waals surface area contributed by atoms with Gasteiger partial charge < -0.3 is 5.73 Å². The summed E-state index contributed by atoms with van der Waals surface area (Å²) in [4.78, 5) is 0. The Morgan fingerprint density at radius 1 is 1.14 bits per heavy atom. The van der Waals surface area contributed by atoms with Crippen LogP contribution in [0.4, 0.5) is 5.69 Å². The van der Waals surface area contributed by atoms with Crippen LogP contribution in [0, 0.1) is 46.8 Å². The third kappa shape index (κ3) is 2.16. The van der Waals surface area contributed by atoms with Crippen LogP contribution in [0.25, 0.3) is 5.57 Å². The van der Waals surface area contributed by atoms with Crippen molar-refractivity contribution in [1.29, 1.82) is 15.8 Å². The van der Waals surface area contributed by atoms with Gasteiger partial charge >= 0.3 is 0 Å². The van der Waals surface area contributed by atoms with E-state index in [1.165, 1.54) is 0 Å². The number of rotatable bonds is 1.